The van der Waals surface area contributed by atoms with E-state index in [4.69, 9.17) is 16.3 Å². The molecule has 0 bridgehead atoms. The van der Waals surface area contributed by atoms with Crippen LogP contribution >= 0.6 is 11.6 Å². The van der Waals surface area contributed by atoms with Crippen LogP contribution in [0.25, 0.3) is 0 Å². The molecule has 1 aliphatic heterocycles. The molecule has 2 unspecified atom stereocenters. The quantitative estimate of drug-likeness (QED) is 0.919. The average Bonchev–Trinajstić information content (AvgIpc) is 2.36. The zero-order chi connectivity index (χ0) is 13.8. The summed E-state index contributed by atoms with van der Waals surface area (Å²) >= 11 is 6.36. The number of nitrogens with one attached hydrogen (secondary N) is 1. The predicted molar refractivity (Wildman–Crippen MR) is 81.1 cm³/mol. The van der Waals surface area contributed by atoms with Gasteiger partial charge in [0.1, 0.15) is 0 Å². The summed E-state index contributed by atoms with van der Waals surface area (Å²) in [6.07, 6.45) is 0.518. The molecule has 0 spiro atoms. The highest BCUT2D eigenvalue weighted by atomic mass is 35.5. The standard InChI is InChI=1S/C15H23ClN2O/c1-4-17-8-13-14(16)6-5-7-15(13)18-9-11(2)19-12(3)10-18/h5-7,11-12,17H,4,8-10H2,1-3H3. The van der Waals surface area contributed by atoms with Crippen molar-refractivity contribution in [3.63, 3.8) is 0 Å². The molecule has 1 fully saturated rings. The molecule has 1 N–H and O–H groups in total. The second kappa shape index (κ2) is 6.60. The van der Waals surface area contributed by atoms with Crippen LogP contribution in [-0.4, -0.2) is 31.8 Å². The van der Waals surface area contributed by atoms with Gasteiger partial charge in [0.15, 0.2) is 0 Å². The van der Waals surface area contributed by atoms with Crippen LogP contribution in [0, 0.1) is 0 Å². The molecule has 0 aromatic heterocycles. The van der Waals surface area contributed by atoms with Gasteiger partial charge in [-0.05, 0) is 32.5 Å². The Kier molecular flexibility index (Phi) is 5.08. The van der Waals surface area contributed by atoms with Gasteiger partial charge in [-0.15, -0.1) is 0 Å². The number of ether oxygens (including phenoxy) is 1. The van der Waals surface area contributed by atoms with Crippen LogP contribution in [0.5, 0.6) is 0 Å². The van der Waals surface area contributed by atoms with Gasteiger partial charge in [-0.25, -0.2) is 0 Å². The molecular formula is C15H23ClN2O. The number of halogens is 1. The molecule has 1 saturated heterocycles. The van der Waals surface area contributed by atoms with E-state index in [0.717, 1.165) is 31.2 Å². The third-order valence-corrected chi connectivity index (χ3v) is 3.76. The summed E-state index contributed by atoms with van der Waals surface area (Å²) in [6, 6.07) is 6.15. The van der Waals surface area contributed by atoms with Crippen molar-refractivity contribution in [2.75, 3.05) is 24.5 Å². The van der Waals surface area contributed by atoms with E-state index < -0.39 is 0 Å². The minimum Gasteiger partial charge on any atom is -0.372 e. The summed E-state index contributed by atoms with van der Waals surface area (Å²) in [7, 11) is 0. The first-order chi connectivity index (χ1) is 9.11. The van der Waals surface area contributed by atoms with Gasteiger partial charge in [-0.1, -0.05) is 24.6 Å². The summed E-state index contributed by atoms with van der Waals surface area (Å²) in [4.78, 5) is 2.39. The molecule has 0 radical (unpaired) electrons. The van der Waals surface area contributed by atoms with Gasteiger partial charge in [0.25, 0.3) is 0 Å². The van der Waals surface area contributed by atoms with Crippen LogP contribution in [0.15, 0.2) is 18.2 Å². The van der Waals surface area contributed by atoms with Crippen molar-refractivity contribution in [3.05, 3.63) is 28.8 Å². The number of hydrogen-bond donors (Lipinski definition) is 1. The summed E-state index contributed by atoms with van der Waals surface area (Å²) < 4.78 is 5.80. The lowest BCUT2D eigenvalue weighted by atomic mass is 10.1. The number of rotatable bonds is 4. The molecule has 106 valence electrons. The molecule has 1 heterocycles. The van der Waals surface area contributed by atoms with Gasteiger partial charge in [0.05, 0.1) is 12.2 Å². The van der Waals surface area contributed by atoms with Crippen LogP contribution in [0.2, 0.25) is 5.02 Å². The van der Waals surface area contributed by atoms with E-state index in [2.05, 4.69) is 37.1 Å². The molecule has 1 aliphatic rings. The second-order valence-corrected chi connectivity index (χ2v) is 5.59. The Balaban J connectivity index is 2.25. The monoisotopic (exact) mass is 282 g/mol. The summed E-state index contributed by atoms with van der Waals surface area (Å²) in [5, 5.41) is 4.20. The fraction of sp³-hybridized carbons (Fsp3) is 0.600. The Morgan fingerprint density at radius 3 is 2.63 bits per heavy atom. The zero-order valence-electron chi connectivity index (χ0n) is 11.9. The van der Waals surface area contributed by atoms with E-state index in [1.807, 2.05) is 12.1 Å². The third-order valence-electron chi connectivity index (χ3n) is 3.41. The van der Waals surface area contributed by atoms with E-state index in [9.17, 15) is 0 Å². The molecule has 4 heteroatoms. The lowest BCUT2D eigenvalue weighted by molar-refractivity contribution is -0.00526. The normalized spacial score (nSPS) is 23.7. The molecule has 0 amide bonds. The van der Waals surface area contributed by atoms with Crippen molar-refractivity contribution in [2.45, 2.75) is 39.5 Å². The van der Waals surface area contributed by atoms with Crippen molar-refractivity contribution in [2.24, 2.45) is 0 Å². The maximum Gasteiger partial charge on any atom is 0.0726 e. The molecule has 0 saturated carbocycles. The van der Waals surface area contributed by atoms with Crippen LogP contribution in [0.3, 0.4) is 0 Å². The molecule has 2 atom stereocenters. The largest absolute Gasteiger partial charge is 0.372 e. The van der Waals surface area contributed by atoms with Gasteiger partial charge in [0.2, 0.25) is 0 Å². The lowest BCUT2D eigenvalue weighted by Gasteiger charge is -2.38. The number of morpholine rings is 1. The van der Waals surface area contributed by atoms with Crippen LogP contribution < -0.4 is 10.2 Å². The molecule has 2 rings (SSSR count). The number of hydrogen-bond acceptors (Lipinski definition) is 3. The molecule has 1 aromatic carbocycles. The first-order valence-electron chi connectivity index (χ1n) is 7.00. The minimum absolute atomic E-state index is 0.259. The zero-order valence-corrected chi connectivity index (χ0v) is 12.7. The van der Waals surface area contributed by atoms with E-state index in [-0.39, 0.29) is 12.2 Å². The van der Waals surface area contributed by atoms with Crippen molar-refractivity contribution in [1.82, 2.24) is 5.32 Å². The average molecular weight is 283 g/mol. The van der Waals surface area contributed by atoms with Crippen LogP contribution in [0.4, 0.5) is 5.69 Å². The SMILES string of the molecule is CCNCc1c(Cl)cccc1N1CC(C)OC(C)C1. The highest BCUT2D eigenvalue weighted by Gasteiger charge is 2.24. The van der Waals surface area contributed by atoms with E-state index in [0.29, 0.717) is 0 Å². The summed E-state index contributed by atoms with van der Waals surface area (Å²) in [5.41, 5.74) is 2.42. The van der Waals surface area contributed by atoms with Crippen molar-refractivity contribution in [1.29, 1.82) is 0 Å². The van der Waals surface area contributed by atoms with E-state index in [1.54, 1.807) is 0 Å². The number of nitrogens with zero attached hydrogens (tertiary/aromatic N) is 1. The predicted octanol–water partition coefficient (Wildman–Crippen LogP) is 3.06. The van der Waals surface area contributed by atoms with Gasteiger partial charge in [-0.3, -0.25) is 0 Å². The van der Waals surface area contributed by atoms with Crippen molar-refractivity contribution >= 4 is 17.3 Å². The van der Waals surface area contributed by atoms with E-state index >= 15 is 0 Å². The third kappa shape index (κ3) is 3.62. The van der Waals surface area contributed by atoms with Gasteiger partial charge < -0.3 is 15.0 Å². The first kappa shape index (κ1) is 14.6. The molecule has 0 aliphatic carbocycles. The Morgan fingerprint density at radius 1 is 1.32 bits per heavy atom. The highest BCUT2D eigenvalue weighted by Crippen LogP contribution is 2.29. The molecule has 19 heavy (non-hydrogen) atoms. The van der Waals surface area contributed by atoms with Gasteiger partial charge in [0, 0.05) is 35.9 Å². The maximum absolute atomic E-state index is 6.36. The summed E-state index contributed by atoms with van der Waals surface area (Å²) in [5.74, 6) is 0. The Hall–Kier alpha value is -0.770. The number of anilines is 1. The summed E-state index contributed by atoms with van der Waals surface area (Å²) in [6.45, 7) is 9.95. The number of benzene rings is 1. The van der Waals surface area contributed by atoms with Crippen LogP contribution in [0.1, 0.15) is 26.3 Å². The smallest absolute Gasteiger partial charge is 0.0726 e. The Morgan fingerprint density at radius 2 is 2.00 bits per heavy atom. The van der Waals surface area contributed by atoms with Gasteiger partial charge in [-0.2, -0.15) is 0 Å². The first-order valence-corrected chi connectivity index (χ1v) is 7.38. The van der Waals surface area contributed by atoms with Gasteiger partial charge >= 0.3 is 0 Å². The van der Waals surface area contributed by atoms with E-state index in [1.165, 1.54) is 11.3 Å². The Bertz CT molecular complexity index is 415. The fourth-order valence-corrected chi connectivity index (χ4v) is 2.88. The second-order valence-electron chi connectivity index (χ2n) is 5.18. The molecule has 3 nitrogen and oxygen atoms in total. The minimum atomic E-state index is 0.259. The molecule has 1 aromatic rings. The lowest BCUT2D eigenvalue weighted by Crippen LogP contribution is -2.46. The van der Waals surface area contributed by atoms with Crippen molar-refractivity contribution in [3.8, 4) is 0 Å². The van der Waals surface area contributed by atoms with Crippen LogP contribution in [-0.2, 0) is 11.3 Å². The fourth-order valence-electron chi connectivity index (χ4n) is 2.64. The van der Waals surface area contributed by atoms with Crippen molar-refractivity contribution < 1.29 is 4.74 Å². The molecular weight excluding hydrogens is 260 g/mol. The topological polar surface area (TPSA) is 24.5 Å². The maximum atomic E-state index is 6.36. The highest BCUT2D eigenvalue weighted by molar-refractivity contribution is 6.31. The Labute approximate surface area is 120 Å².